The zero-order valence-electron chi connectivity index (χ0n) is 26.7. The van der Waals surface area contributed by atoms with Crippen molar-refractivity contribution in [3.05, 3.63) is 77.4 Å². The molecular formula is C35H47N3O4S. The van der Waals surface area contributed by atoms with E-state index in [-0.39, 0.29) is 17.7 Å². The molecule has 7 nitrogen and oxygen atoms in total. The van der Waals surface area contributed by atoms with Crippen molar-refractivity contribution in [2.45, 2.75) is 92.0 Å². The van der Waals surface area contributed by atoms with Crippen LogP contribution in [0.2, 0.25) is 0 Å². The minimum atomic E-state index is -0.998. The number of aryl methyl sites for hydroxylation is 2. The molecule has 0 saturated heterocycles. The van der Waals surface area contributed by atoms with Gasteiger partial charge < -0.3 is 20.3 Å². The molecule has 3 atom stereocenters. The Kier molecular flexibility index (Phi) is 11.7. The average molecular weight is 606 g/mol. The van der Waals surface area contributed by atoms with Gasteiger partial charge in [0, 0.05) is 17.5 Å². The Morgan fingerprint density at radius 2 is 1.56 bits per heavy atom. The molecule has 3 aromatic carbocycles. The topological polar surface area (TPSA) is 87.7 Å². The van der Waals surface area contributed by atoms with Crippen LogP contribution in [0.3, 0.4) is 0 Å². The number of nitrogens with one attached hydrogen (secondary N) is 2. The summed E-state index contributed by atoms with van der Waals surface area (Å²) in [5.74, 6) is -0.281. The van der Waals surface area contributed by atoms with E-state index in [2.05, 4.69) is 37.1 Å². The number of hydrogen-bond acceptors (Lipinski definition) is 5. The van der Waals surface area contributed by atoms with Crippen molar-refractivity contribution < 1.29 is 19.1 Å². The van der Waals surface area contributed by atoms with E-state index in [1.54, 1.807) is 25.7 Å². The summed E-state index contributed by atoms with van der Waals surface area (Å²) < 4.78 is 5.44. The van der Waals surface area contributed by atoms with Crippen molar-refractivity contribution in [1.82, 2.24) is 10.2 Å². The number of carbonyl (C=O) groups is 3. The van der Waals surface area contributed by atoms with Crippen molar-refractivity contribution in [2.75, 3.05) is 11.1 Å². The lowest BCUT2D eigenvalue weighted by Crippen LogP contribution is -2.55. The van der Waals surface area contributed by atoms with Gasteiger partial charge in [-0.05, 0) is 99.9 Å². The summed E-state index contributed by atoms with van der Waals surface area (Å²) in [6, 6.07) is 17.3. The van der Waals surface area contributed by atoms with E-state index in [0.29, 0.717) is 23.6 Å². The van der Waals surface area contributed by atoms with E-state index in [1.165, 1.54) is 0 Å². The first-order valence-electron chi connectivity index (χ1n) is 15.0. The van der Waals surface area contributed by atoms with Gasteiger partial charge in [-0.2, -0.15) is 12.6 Å². The molecule has 3 unspecified atom stereocenters. The van der Waals surface area contributed by atoms with Gasteiger partial charge in [-0.1, -0.05) is 62.4 Å². The van der Waals surface area contributed by atoms with Crippen LogP contribution >= 0.6 is 12.6 Å². The summed E-state index contributed by atoms with van der Waals surface area (Å²) in [6.07, 6.45) is 0.833. The third-order valence-electron chi connectivity index (χ3n) is 7.45. The van der Waals surface area contributed by atoms with E-state index in [0.717, 1.165) is 28.3 Å². The summed E-state index contributed by atoms with van der Waals surface area (Å²) in [6.45, 7) is 15.5. The standard InChI is InChI=1S/C35H47N3O4S/c1-22(2)13-15-25(5)38(33(40)30(21-43)37-34(41)42-35(6,7)8)31(28-16-14-23(3)24(4)19-28)32(39)36-29-18-17-26-11-9-10-12-27(26)20-29/h9-12,14,16-20,22,25,30-31,43H,13,15,21H2,1-8H3,(H,36,39)(H,37,41). The molecule has 0 fully saturated rings. The number of benzene rings is 3. The molecule has 0 bridgehead atoms. The molecule has 0 radical (unpaired) electrons. The van der Waals surface area contributed by atoms with Crippen LogP contribution in [0.5, 0.6) is 0 Å². The second-order valence-corrected chi connectivity index (χ2v) is 13.1. The van der Waals surface area contributed by atoms with E-state index in [1.807, 2.05) is 81.4 Å². The summed E-state index contributed by atoms with van der Waals surface area (Å²) in [5.41, 5.74) is 2.70. The Morgan fingerprint density at radius 1 is 0.884 bits per heavy atom. The molecule has 0 aliphatic rings. The molecule has 0 aliphatic carbocycles. The fourth-order valence-electron chi connectivity index (χ4n) is 4.98. The van der Waals surface area contributed by atoms with E-state index >= 15 is 0 Å². The van der Waals surface area contributed by atoms with Crippen molar-refractivity contribution in [1.29, 1.82) is 0 Å². The first-order valence-corrected chi connectivity index (χ1v) is 15.6. The highest BCUT2D eigenvalue weighted by Gasteiger charge is 2.38. The molecule has 3 amide bonds. The van der Waals surface area contributed by atoms with Crippen LogP contribution in [0, 0.1) is 19.8 Å². The normalized spacial score (nSPS) is 13.7. The number of amides is 3. The van der Waals surface area contributed by atoms with Gasteiger partial charge in [0.1, 0.15) is 17.7 Å². The number of alkyl carbamates (subject to hydrolysis) is 1. The summed E-state index contributed by atoms with van der Waals surface area (Å²) in [4.78, 5) is 43.1. The number of rotatable bonds is 11. The first-order chi connectivity index (χ1) is 20.2. The minimum absolute atomic E-state index is 0.0391. The highest BCUT2D eigenvalue weighted by Crippen LogP contribution is 2.30. The molecule has 3 rings (SSSR count). The van der Waals surface area contributed by atoms with Crippen LogP contribution in [-0.2, 0) is 14.3 Å². The predicted molar refractivity (Wildman–Crippen MR) is 179 cm³/mol. The molecule has 0 aliphatic heterocycles. The molecule has 0 heterocycles. The SMILES string of the molecule is Cc1ccc(C(C(=O)Nc2ccc3ccccc3c2)N(C(=O)C(CS)NC(=O)OC(C)(C)C)C(C)CCC(C)C)cc1C. The zero-order chi connectivity index (χ0) is 31.9. The largest absolute Gasteiger partial charge is 0.444 e. The molecular weight excluding hydrogens is 558 g/mol. The molecule has 0 saturated carbocycles. The lowest BCUT2D eigenvalue weighted by Gasteiger charge is -2.38. The third kappa shape index (κ3) is 9.48. The number of thiol groups is 1. The Balaban J connectivity index is 2.08. The van der Waals surface area contributed by atoms with Crippen molar-refractivity contribution in [2.24, 2.45) is 5.92 Å². The minimum Gasteiger partial charge on any atom is -0.444 e. The van der Waals surface area contributed by atoms with Gasteiger partial charge >= 0.3 is 6.09 Å². The van der Waals surface area contributed by atoms with Gasteiger partial charge in [-0.3, -0.25) is 9.59 Å². The van der Waals surface area contributed by atoms with E-state index < -0.39 is 29.7 Å². The molecule has 8 heteroatoms. The molecule has 43 heavy (non-hydrogen) atoms. The number of carbonyl (C=O) groups excluding carboxylic acids is 3. The van der Waals surface area contributed by atoms with Crippen LogP contribution in [0.1, 0.15) is 77.1 Å². The molecule has 3 aromatic rings. The summed E-state index contributed by atoms with van der Waals surface area (Å²) in [7, 11) is 0. The highest BCUT2D eigenvalue weighted by atomic mass is 32.1. The lowest BCUT2D eigenvalue weighted by molar-refractivity contribution is -0.143. The van der Waals surface area contributed by atoms with Gasteiger partial charge in [0.25, 0.3) is 5.91 Å². The van der Waals surface area contributed by atoms with Crippen LogP contribution < -0.4 is 10.6 Å². The van der Waals surface area contributed by atoms with Crippen molar-refractivity contribution >= 4 is 47.0 Å². The number of anilines is 1. The Labute approximate surface area is 262 Å². The molecule has 232 valence electrons. The maximum Gasteiger partial charge on any atom is 0.408 e. The lowest BCUT2D eigenvalue weighted by atomic mass is 9.95. The summed E-state index contributed by atoms with van der Waals surface area (Å²) in [5, 5.41) is 7.85. The monoisotopic (exact) mass is 605 g/mol. The molecule has 2 N–H and O–H groups in total. The van der Waals surface area contributed by atoms with Crippen LogP contribution in [0.15, 0.2) is 60.7 Å². The smallest absolute Gasteiger partial charge is 0.408 e. The van der Waals surface area contributed by atoms with E-state index in [4.69, 9.17) is 4.74 Å². The molecule has 0 aromatic heterocycles. The second-order valence-electron chi connectivity index (χ2n) is 12.7. The second kappa shape index (κ2) is 14.8. The number of nitrogens with zero attached hydrogens (tertiary/aromatic N) is 1. The van der Waals surface area contributed by atoms with Crippen LogP contribution in [0.4, 0.5) is 10.5 Å². The van der Waals surface area contributed by atoms with Gasteiger partial charge in [-0.15, -0.1) is 0 Å². The predicted octanol–water partition coefficient (Wildman–Crippen LogP) is 7.61. The quantitative estimate of drug-likeness (QED) is 0.196. The number of hydrogen-bond donors (Lipinski definition) is 3. The fraction of sp³-hybridized carbons (Fsp3) is 0.457. The number of fused-ring (bicyclic) bond motifs is 1. The van der Waals surface area contributed by atoms with Crippen molar-refractivity contribution in [3.63, 3.8) is 0 Å². The van der Waals surface area contributed by atoms with Gasteiger partial charge in [0.15, 0.2) is 0 Å². The first kappa shape index (κ1) is 34.0. The summed E-state index contributed by atoms with van der Waals surface area (Å²) >= 11 is 4.42. The fourth-order valence-corrected chi connectivity index (χ4v) is 5.23. The van der Waals surface area contributed by atoms with Crippen LogP contribution in [0.25, 0.3) is 10.8 Å². The Hall–Kier alpha value is -3.52. The van der Waals surface area contributed by atoms with Gasteiger partial charge in [0.2, 0.25) is 5.91 Å². The Bertz CT molecular complexity index is 1430. The third-order valence-corrected chi connectivity index (χ3v) is 7.82. The Morgan fingerprint density at radius 3 is 2.16 bits per heavy atom. The maximum absolute atomic E-state index is 14.4. The molecule has 0 spiro atoms. The average Bonchev–Trinajstić information content (AvgIpc) is 2.93. The van der Waals surface area contributed by atoms with Gasteiger partial charge in [0.05, 0.1) is 0 Å². The van der Waals surface area contributed by atoms with E-state index in [9.17, 15) is 14.4 Å². The number of ether oxygens (including phenoxy) is 1. The van der Waals surface area contributed by atoms with Crippen molar-refractivity contribution in [3.8, 4) is 0 Å². The maximum atomic E-state index is 14.4. The van der Waals surface area contributed by atoms with Gasteiger partial charge in [-0.25, -0.2) is 4.79 Å². The zero-order valence-corrected chi connectivity index (χ0v) is 27.6. The highest BCUT2D eigenvalue weighted by molar-refractivity contribution is 7.80. The van der Waals surface area contributed by atoms with Crippen LogP contribution in [-0.4, -0.2) is 46.2 Å².